The Hall–Kier alpha value is 1.11. The van der Waals surface area contributed by atoms with E-state index in [0.29, 0.717) is 17.6 Å². The van der Waals surface area contributed by atoms with Gasteiger partial charge in [-0.25, -0.2) is 0 Å². The number of hydrogen-bond acceptors (Lipinski definition) is 1. The molecule has 0 N–H and O–H groups in total. The molecule has 2 aliphatic carbocycles. The number of Topliss-reactive ketones (excluding diaryl/α,β-unsaturated/α-hetero) is 1. The molecule has 1 nitrogen and oxygen atoms in total. The molecule has 0 aliphatic heterocycles. The standard InChI is InChI=1S/C10H13Br3O/c11-4-5-1-6-3-7(2-5)9(13)10(14)8(6)12/h5-9H,1-4H2/t5?,6-,7+,8+,9-. The van der Waals surface area contributed by atoms with Crippen LogP contribution in [0.5, 0.6) is 0 Å². The second-order valence-corrected chi connectivity index (χ2v) is 7.07. The Balaban J connectivity index is 2.15. The Morgan fingerprint density at radius 3 is 2.00 bits per heavy atom. The first-order valence-electron chi connectivity index (χ1n) is 5.01. The fraction of sp³-hybridized carbons (Fsp3) is 0.900. The second kappa shape index (κ2) is 4.54. The largest absolute Gasteiger partial charge is 0.297 e. The van der Waals surface area contributed by atoms with E-state index in [1.807, 2.05) is 0 Å². The number of carbonyl (C=O) groups excluding carboxylic acids is 1. The summed E-state index contributed by atoms with van der Waals surface area (Å²) in [5.74, 6) is 2.25. The Bertz CT molecular complexity index is 220. The van der Waals surface area contributed by atoms with E-state index in [-0.39, 0.29) is 9.65 Å². The van der Waals surface area contributed by atoms with E-state index in [1.54, 1.807) is 0 Å². The molecular formula is C10H13Br3O. The quantitative estimate of drug-likeness (QED) is 0.628. The molecule has 2 saturated carbocycles. The molecule has 5 atom stereocenters. The monoisotopic (exact) mass is 386 g/mol. The lowest BCUT2D eigenvalue weighted by atomic mass is 9.68. The molecule has 2 aliphatic rings. The van der Waals surface area contributed by atoms with Gasteiger partial charge in [0.25, 0.3) is 0 Å². The highest BCUT2D eigenvalue weighted by molar-refractivity contribution is 9.10. The molecule has 0 aromatic carbocycles. The molecule has 0 aromatic heterocycles. The highest BCUT2D eigenvalue weighted by Crippen LogP contribution is 2.46. The summed E-state index contributed by atoms with van der Waals surface area (Å²) in [6, 6.07) is 0. The molecule has 0 aromatic rings. The van der Waals surface area contributed by atoms with Crippen LogP contribution >= 0.6 is 47.8 Å². The zero-order valence-electron chi connectivity index (χ0n) is 7.76. The van der Waals surface area contributed by atoms with Gasteiger partial charge in [0.1, 0.15) is 0 Å². The van der Waals surface area contributed by atoms with Crippen LogP contribution in [0.1, 0.15) is 19.3 Å². The van der Waals surface area contributed by atoms with Gasteiger partial charge in [-0.1, -0.05) is 47.8 Å². The molecule has 0 saturated heterocycles. The first kappa shape index (κ1) is 11.6. The van der Waals surface area contributed by atoms with Gasteiger partial charge in [0.15, 0.2) is 5.78 Å². The molecular weight excluding hydrogens is 376 g/mol. The molecule has 2 fully saturated rings. The van der Waals surface area contributed by atoms with E-state index in [4.69, 9.17) is 0 Å². The summed E-state index contributed by atoms with van der Waals surface area (Å²) in [6.07, 6.45) is 3.60. The lowest BCUT2D eigenvalue weighted by Gasteiger charge is -2.43. The van der Waals surface area contributed by atoms with E-state index < -0.39 is 0 Å². The zero-order valence-corrected chi connectivity index (χ0v) is 12.5. The van der Waals surface area contributed by atoms with Crippen molar-refractivity contribution in [3.05, 3.63) is 0 Å². The van der Waals surface area contributed by atoms with E-state index in [0.717, 1.165) is 11.2 Å². The van der Waals surface area contributed by atoms with Crippen LogP contribution in [-0.2, 0) is 4.79 Å². The highest BCUT2D eigenvalue weighted by atomic mass is 79.9. The minimum Gasteiger partial charge on any atom is -0.297 e. The average molecular weight is 389 g/mol. The number of carbonyl (C=O) groups is 1. The van der Waals surface area contributed by atoms with Gasteiger partial charge in [-0.2, -0.15) is 0 Å². The van der Waals surface area contributed by atoms with Crippen LogP contribution in [0.3, 0.4) is 0 Å². The third kappa shape index (κ3) is 1.99. The van der Waals surface area contributed by atoms with Crippen molar-refractivity contribution in [2.45, 2.75) is 28.9 Å². The molecule has 0 radical (unpaired) electrons. The number of fused-ring (bicyclic) bond motifs is 2. The van der Waals surface area contributed by atoms with Crippen molar-refractivity contribution in [2.75, 3.05) is 5.33 Å². The van der Waals surface area contributed by atoms with E-state index in [1.165, 1.54) is 19.3 Å². The van der Waals surface area contributed by atoms with E-state index >= 15 is 0 Å². The van der Waals surface area contributed by atoms with Crippen molar-refractivity contribution in [3.8, 4) is 0 Å². The molecule has 80 valence electrons. The molecule has 2 rings (SSSR count). The molecule has 2 bridgehead atoms. The van der Waals surface area contributed by atoms with Crippen LogP contribution < -0.4 is 0 Å². The summed E-state index contributed by atoms with van der Waals surface area (Å²) in [6.45, 7) is 0. The van der Waals surface area contributed by atoms with Crippen molar-refractivity contribution in [3.63, 3.8) is 0 Å². The van der Waals surface area contributed by atoms with Crippen LogP contribution in [0.2, 0.25) is 0 Å². The molecule has 14 heavy (non-hydrogen) atoms. The Morgan fingerprint density at radius 2 is 1.57 bits per heavy atom. The second-order valence-electron chi connectivity index (χ2n) is 4.45. The Labute approximate surface area is 110 Å². The Morgan fingerprint density at radius 1 is 1.07 bits per heavy atom. The number of rotatable bonds is 1. The maximum absolute atomic E-state index is 11.8. The van der Waals surface area contributed by atoms with Gasteiger partial charge in [-0.15, -0.1) is 0 Å². The fourth-order valence-corrected chi connectivity index (χ4v) is 5.07. The number of alkyl halides is 3. The maximum atomic E-state index is 11.8. The fourth-order valence-electron chi connectivity index (χ4n) is 2.75. The predicted octanol–water partition coefficient (Wildman–Crippen LogP) is 3.52. The van der Waals surface area contributed by atoms with Gasteiger partial charge in [-0.05, 0) is 37.0 Å². The summed E-state index contributed by atoms with van der Waals surface area (Å²) in [4.78, 5) is 12.0. The summed E-state index contributed by atoms with van der Waals surface area (Å²) in [7, 11) is 0. The summed E-state index contributed by atoms with van der Waals surface area (Å²) < 4.78 is 0. The van der Waals surface area contributed by atoms with E-state index in [9.17, 15) is 4.79 Å². The summed E-state index contributed by atoms with van der Waals surface area (Å²) in [5.41, 5.74) is 0. The summed E-state index contributed by atoms with van der Waals surface area (Å²) in [5, 5.41) is 1.08. The molecule has 0 heterocycles. The number of halogens is 3. The van der Waals surface area contributed by atoms with Crippen LogP contribution in [-0.4, -0.2) is 20.8 Å². The maximum Gasteiger partial charge on any atom is 0.160 e. The SMILES string of the molecule is O=C1[C@@H](Br)[C@@H]2CC(CBr)C[C@@H](C2)[C@H]1Br. The van der Waals surface area contributed by atoms with Gasteiger partial charge < -0.3 is 0 Å². The first-order chi connectivity index (χ1) is 6.63. The van der Waals surface area contributed by atoms with Crippen LogP contribution in [0.15, 0.2) is 0 Å². The minimum absolute atomic E-state index is 0.0879. The lowest BCUT2D eigenvalue weighted by Crippen LogP contribution is -2.46. The van der Waals surface area contributed by atoms with Crippen molar-refractivity contribution in [2.24, 2.45) is 17.8 Å². The lowest BCUT2D eigenvalue weighted by molar-refractivity contribution is -0.122. The minimum atomic E-state index is 0.0879. The molecule has 1 unspecified atom stereocenters. The van der Waals surface area contributed by atoms with Crippen LogP contribution in [0.25, 0.3) is 0 Å². The average Bonchev–Trinajstić information content (AvgIpc) is 2.23. The van der Waals surface area contributed by atoms with E-state index in [2.05, 4.69) is 47.8 Å². The summed E-state index contributed by atoms with van der Waals surface area (Å²) >= 11 is 10.6. The van der Waals surface area contributed by atoms with Crippen molar-refractivity contribution >= 4 is 53.6 Å². The smallest absolute Gasteiger partial charge is 0.160 e. The predicted molar refractivity (Wildman–Crippen MR) is 68.6 cm³/mol. The third-order valence-corrected chi connectivity index (χ3v) is 6.78. The van der Waals surface area contributed by atoms with Crippen molar-refractivity contribution in [1.82, 2.24) is 0 Å². The Kier molecular flexibility index (Phi) is 3.76. The zero-order chi connectivity index (χ0) is 10.3. The molecule has 0 amide bonds. The number of ketones is 1. The third-order valence-electron chi connectivity index (χ3n) is 3.47. The van der Waals surface area contributed by atoms with Crippen LogP contribution in [0.4, 0.5) is 0 Å². The number of hydrogen-bond donors (Lipinski definition) is 0. The normalized spacial score (nSPS) is 47.9. The van der Waals surface area contributed by atoms with Gasteiger partial charge in [-0.3, -0.25) is 4.79 Å². The first-order valence-corrected chi connectivity index (χ1v) is 7.96. The van der Waals surface area contributed by atoms with Gasteiger partial charge in [0, 0.05) is 5.33 Å². The van der Waals surface area contributed by atoms with Crippen LogP contribution in [0, 0.1) is 17.8 Å². The topological polar surface area (TPSA) is 17.1 Å². The van der Waals surface area contributed by atoms with Crippen molar-refractivity contribution in [1.29, 1.82) is 0 Å². The molecule has 4 heteroatoms. The van der Waals surface area contributed by atoms with Gasteiger partial charge in [0.2, 0.25) is 0 Å². The van der Waals surface area contributed by atoms with Gasteiger partial charge in [0.05, 0.1) is 9.65 Å². The molecule has 0 spiro atoms. The highest BCUT2D eigenvalue weighted by Gasteiger charge is 2.45. The van der Waals surface area contributed by atoms with Gasteiger partial charge >= 0.3 is 0 Å². The van der Waals surface area contributed by atoms with Crippen molar-refractivity contribution < 1.29 is 4.79 Å².